The third-order valence-electron chi connectivity index (χ3n) is 5.21. The van der Waals surface area contributed by atoms with E-state index in [4.69, 9.17) is 4.74 Å². The Labute approximate surface area is 147 Å². The van der Waals surface area contributed by atoms with E-state index < -0.39 is 0 Å². The van der Waals surface area contributed by atoms with Crippen LogP contribution in [-0.4, -0.2) is 103 Å². The maximum atomic E-state index is 12.6. The lowest BCUT2D eigenvalue weighted by Gasteiger charge is -2.41. The Bertz CT molecular complexity index is 394. The molecule has 6 heteroatoms. The minimum absolute atomic E-state index is 0.187. The Hall–Kier alpha value is -0.850. The Kier molecular flexibility index (Phi) is 7.32. The van der Waals surface area contributed by atoms with Gasteiger partial charge in [-0.3, -0.25) is 9.80 Å². The van der Waals surface area contributed by atoms with Crippen LogP contribution in [0, 0.1) is 0 Å². The normalized spacial score (nSPS) is 24.0. The molecule has 2 fully saturated rings. The third kappa shape index (κ3) is 5.07. The predicted octanol–water partition coefficient (Wildman–Crippen LogP) is 1.56. The molecule has 0 aliphatic carbocycles. The van der Waals surface area contributed by atoms with Gasteiger partial charge in [-0.1, -0.05) is 0 Å². The monoisotopic (exact) mass is 340 g/mol. The van der Waals surface area contributed by atoms with Crippen LogP contribution < -0.4 is 0 Å². The smallest absolute Gasteiger partial charge is 0.320 e. The van der Waals surface area contributed by atoms with Gasteiger partial charge in [-0.15, -0.1) is 0 Å². The minimum atomic E-state index is 0.187. The molecule has 2 rings (SSSR count). The molecule has 0 aromatic rings. The van der Waals surface area contributed by atoms with Crippen molar-refractivity contribution in [3.63, 3.8) is 0 Å². The molecule has 1 unspecified atom stereocenters. The van der Waals surface area contributed by atoms with Gasteiger partial charge in [-0.25, -0.2) is 4.79 Å². The zero-order valence-electron chi connectivity index (χ0n) is 16.2. The Morgan fingerprint density at radius 3 is 2.33 bits per heavy atom. The van der Waals surface area contributed by atoms with Crippen LogP contribution in [-0.2, 0) is 4.74 Å². The fourth-order valence-electron chi connectivity index (χ4n) is 3.63. The largest absolute Gasteiger partial charge is 0.374 e. The summed E-state index contributed by atoms with van der Waals surface area (Å²) in [6, 6.07) is 1.03. The van der Waals surface area contributed by atoms with E-state index in [9.17, 15) is 4.79 Å². The quantitative estimate of drug-likeness (QED) is 0.761. The SMILES string of the molecule is CCN(C(=O)N1CCN(CC2CN(C(C)C)CCO2)CC1)C(C)C. The predicted molar refractivity (Wildman–Crippen MR) is 97.4 cm³/mol. The van der Waals surface area contributed by atoms with Crippen LogP contribution in [0.1, 0.15) is 34.6 Å². The van der Waals surface area contributed by atoms with Crippen LogP contribution >= 0.6 is 0 Å². The number of carbonyl (C=O) groups is 1. The van der Waals surface area contributed by atoms with Gasteiger partial charge in [0.1, 0.15) is 0 Å². The summed E-state index contributed by atoms with van der Waals surface area (Å²) in [5.41, 5.74) is 0. The second-order valence-corrected chi connectivity index (χ2v) is 7.53. The molecule has 0 radical (unpaired) electrons. The second kappa shape index (κ2) is 9.02. The number of hydrogen-bond acceptors (Lipinski definition) is 4. The van der Waals surface area contributed by atoms with Crippen LogP contribution in [0.3, 0.4) is 0 Å². The first-order valence-electron chi connectivity index (χ1n) is 9.55. The van der Waals surface area contributed by atoms with Crippen molar-refractivity contribution in [2.75, 3.05) is 59.0 Å². The molecule has 0 spiro atoms. The fraction of sp³-hybridized carbons (Fsp3) is 0.944. The van der Waals surface area contributed by atoms with Crippen molar-refractivity contribution >= 4 is 6.03 Å². The molecule has 24 heavy (non-hydrogen) atoms. The highest BCUT2D eigenvalue weighted by molar-refractivity contribution is 5.74. The number of nitrogens with zero attached hydrogens (tertiary/aromatic N) is 4. The average molecular weight is 341 g/mol. The van der Waals surface area contributed by atoms with Crippen molar-refractivity contribution in [1.82, 2.24) is 19.6 Å². The van der Waals surface area contributed by atoms with Gasteiger partial charge in [0.15, 0.2) is 0 Å². The van der Waals surface area contributed by atoms with Crippen LogP contribution in [0.25, 0.3) is 0 Å². The first kappa shape index (κ1) is 19.5. The molecule has 2 heterocycles. The van der Waals surface area contributed by atoms with Crippen molar-refractivity contribution in [1.29, 1.82) is 0 Å². The molecule has 0 bridgehead atoms. The van der Waals surface area contributed by atoms with E-state index in [1.54, 1.807) is 0 Å². The van der Waals surface area contributed by atoms with Gasteiger partial charge in [0, 0.05) is 64.4 Å². The molecule has 2 aliphatic heterocycles. The molecular weight excluding hydrogens is 304 g/mol. The third-order valence-corrected chi connectivity index (χ3v) is 5.21. The lowest BCUT2D eigenvalue weighted by molar-refractivity contribution is -0.0555. The Morgan fingerprint density at radius 2 is 1.79 bits per heavy atom. The first-order valence-corrected chi connectivity index (χ1v) is 9.55. The highest BCUT2D eigenvalue weighted by Gasteiger charge is 2.29. The molecule has 0 N–H and O–H groups in total. The van der Waals surface area contributed by atoms with Crippen molar-refractivity contribution in [2.45, 2.75) is 52.8 Å². The number of ether oxygens (including phenoxy) is 1. The van der Waals surface area contributed by atoms with E-state index in [-0.39, 0.29) is 12.1 Å². The maximum absolute atomic E-state index is 12.6. The van der Waals surface area contributed by atoms with Gasteiger partial charge in [-0.05, 0) is 34.6 Å². The number of morpholine rings is 1. The lowest BCUT2D eigenvalue weighted by atomic mass is 10.2. The van der Waals surface area contributed by atoms with Gasteiger partial charge in [0.2, 0.25) is 0 Å². The number of carbonyl (C=O) groups excluding carboxylic acids is 1. The number of rotatable bonds is 5. The zero-order chi connectivity index (χ0) is 17.7. The Balaban J connectivity index is 1.77. The summed E-state index contributed by atoms with van der Waals surface area (Å²) in [5.74, 6) is 0. The molecular formula is C18H36N4O2. The molecule has 0 aromatic heterocycles. The zero-order valence-corrected chi connectivity index (χ0v) is 16.2. The minimum Gasteiger partial charge on any atom is -0.374 e. The average Bonchev–Trinajstić information content (AvgIpc) is 2.56. The van der Waals surface area contributed by atoms with Crippen LogP contribution in [0.5, 0.6) is 0 Å². The van der Waals surface area contributed by atoms with Crippen LogP contribution in [0.2, 0.25) is 0 Å². The Morgan fingerprint density at radius 1 is 1.12 bits per heavy atom. The molecule has 0 saturated carbocycles. The summed E-state index contributed by atoms with van der Waals surface area (Å²) in [7, 11) is 0. The summed E-state index contributed by atoms with van der Waals surface area (Å²) >= 11 is 0. The standard InChI is InChI=1S/C18H36N4O2/c1-6-22(16(4)5)18(23)20-9-7-19(8-10-20)13-17-14-21(15(2)3)11-12-24-17/h15-17H,6-14H2,1-5H3. The summed E-state index contributed by atoms with van der Waals surface area (Å²) in [4.78, 5) is 21.5. The number of hydrogen-bond donors (Lipinski definition) is 0. The second-order valence-electron chi connectivity index (χ2n) is 7.53. The number of urea groups is 1. The van der Waals surface area contributed by atoms with Gasteiger partial charge in [0.05, 0.1) is 12.7 Å². The van der Waals surface area contributed by atoms with E-state index in [0.29, 0.717) is 12.1 Å². The molecule has 2 aliphatic rings. The van der Waals surface area contributed by atoms with Crippen molar-refractivity contribution in [3.8, 4) is 0 Å². The molecule has 2 amide bonds. The summed E-state index contributed by atoms with van der Waals surface area (Å²) in [6.07, 6.45) is 0.297. The lowest BCUT2D eigenvalue weighted by Crippen LogP contribution is -2.56. The molecule has 0 aromatic carbocycles. The van der Waals surface area contributed by atoms with Gasteiger partial charge >= 0.3 is 6.03 Å². The van der Waals surface area contributed by atoms with E-state index in [1.165, 1.54) is 0 Å². The van der Waals surface area contributed by atoms with Gasteiger partial charge in [-0.2, -0.15) is 0 Å². The van der Waals surface area contributed by atoms with Crippen molar-refractivity contribution in [2.24, 2.45) is 0 Å². The van der Waals surface area contributed by atoms with E-state index in [0.717, 1.165) is 59.0 Å². The van der Waals surface area contributed by atoms with Crippen molar-refractivity contribution in [3.05, 3.63) is 0 Å². The molecule has 140 valence electrons. The topological polar surface area (TPSA) is 39.3 Å². The highest BCUT2D eigenvalue weighted by Crippen LogP contribution is 2.13. The van der Waals surface area contributed by atoms with E-state index in [2.05, 4.69) is 44.4 Å². The van der Waals surface area contributed by atoms with Crippen LogP contribution in [0.15, 0.2) is 0 Å². The van der Waals surface area contributed by atoms with Crippen LogP contribution in [0.4, 0.5) is 4.79 Å². The first-order chi connectivity index (χ1) is 11.4. The number of amides is 2. The van der Waals surface area contributed by atoms with Gasteiger partial charge in [0.25, 0.3) is 0 Å². The van der Waals surface area contributed by atoms with Crippen molar-refractivity contribution < 1.29 is 9.53 Å². The van der Waals surface area contributed by atoms with Gasteiger partial charge < -0.3 is 14.5 Å². The summed E-state index contributed by atoms with van der Waals surface area (Å²) < 4.78 is 5.95. The van der Waals surface area contributed by atoms with E-state index in [1.807, 2.05) is 9.80 Å². The summed E-state index contributed by atoms with van der Waals surface area (Å²) in [5, 5.41) is 0. The molecule has 1 atom stereocenters. The highest BCUT2D eigenvalue weighted by atomic mass is 16.5. The molecule has 6 nitrogen and oxygen atoms in total. The van der Waals surface area contributed by atoms with E-state index >= 15 is 0 Å². The molecule has 2 saturated heterocycles. The fourth-order valence-corrected chi connectivity index (χ4v) is 3.63. The maximum Gasteiger partial charge on any atom is 0.320 e. The number of piperazine rings is 1. The summed E-state index contributed by atoms with van der Waals surface area (Å²) in [6.45, 7) is 18.9.